The molecule has 0 bridgehead atoms. The third-order valence-electron chi connectivity index (χ3n) is 14.2. The summed E-state index contributed by atoms with van der Waals surface area (Å²) in [5.74, 6) is 0. The highest BCUT2D eigenvalue weighted by Crippen LogP contribution is 2.61. The van der Waals surface area contributed by atoms with Crippen molar-refractivity contribution >= 4 is 43.1 Å². The zero-order valence-electron chi connectivity index (χ0n) is 34.9. The highest BCUT2D eigenvalue weighted by molar-refractivity contribution is 6.33. The summed E-state index contributed by atoms with van der Waals surface area (Å²) < 4.78 is 0. The Balaban J connectivity index is 1.14. The lowest BCUT2D eigenvalue weighted by Gasteiger charge is -2.23. The highest BCUT2D eigenvalue weighted by atomic mass is 14.4. The molecule has 0 saturated heterocycles. The fourth-order valence-corrected chi connectivity index (χ4v) is 11.7. The van der Waals surface area contributed by atoms with Crippen molar-refractivity contribution in [2.45, 2.75) is 0 Å². The van der Waals surface area contributed by atoms with Gasteiger partial charge in [0.1, 0.15) is 0 Å². The quantitative estimate of drug-likeness (QED) is 0.152. The first-order chi connectivity index (χ1) is 31.8. The van der Waals surface area contributed by atoms with Gasteiger partial charge in [0.25, 0.3) is 0 Å². The van der Waals surface area contributed by atoms with E-state index in [0.29, 0.717) is 0 Å². The molecule has 0 saturated carbocycles. The molecule has 2 aliphatic carbocycles. The number of hydrogen-bond acceptors (Lipinski definition) is 0. The van der Waals surface area contributed by atoms with Crippen LogP contribution in [0.5, 0.6) is 0 Å². The van der Waals surface area contributed by atoms with Crippen LogP contribution in [-0.2, 0) is 0 Å². The van der Waals surface area contributed by atoms with Crippen LogP contribution in [-0.4, -0.2) is 0 Å². The van der Waals surface area contributed by atoms with Gasteiger partial charge in [0, 0.05) is 0 Å². The largest absolute Gasteiger partial charge is 0.0622 e. The second-order valence-electron chi connectivity index (χ2n) is 17.3. The monoisotopic (exact) mass is 806 g/mol. The topological polar surface area (TPSA) is 0 Å². The van der Waals surface area contributed by atoms with Crippen LogP contribution in [0.1, 0.15) is 0 Å². The average Bonchev–Trinajstić information content (AvgIpc) is 3.89. The molecule has 0 nitrogen and oxygen atoms in total. The fraction of sp³-hybridized carbons (Fsp3) is 0. The van der Waals surface area contributed by atoms with Gasteiger partial charge in [0.15, 0.2) is 0 Å². The van der Waals surface area contributed by atoms with Gasteiger partial charge < -0.3 is 0 Å². The van der Waals surface area contributed by atoms with E-state index >= 15 is 0 Å². The summed E-state index contributed by atoms with van der Waals surface area (Å²) in [5, 5.41) is 10.4. The SMILES string of the molecule is c1ccc(-c2ccccc2-c2c3c(c(-c4ccccc4-c4ccccc4)c4ccccc24)-c2ccc(-c4c5ccccc5c5c6c(cccc46)-c4ccccc4-5)c4cccc-3c24)cc1. The molecule has 0 amide bonds. The Kier molecular flexibility index (Phi) is 7.49. The number of benzene rings is 12. The molecule has 0 aromatic heterocycles. The van der Waals surface area contributed by atoms with Crippen LogP contribution in [0.15, 0.2) is 231 Å². The number of rotatable bonds is 5. The predicted octanol–water partition coefficient (Wildman–Crippen LogP) is 17.9. The predicted molar refractivity (Wildman–Crippen MR) is 273 cm³/mol. The lowest BCUT2D eigenvalue weighted by molar-refractivity contribution is 1.58. The van der Waals surface area contributed by atoms with Crippen LogP contribution in [0.4, 0.5) is 0 Å². The maximum Gasteiger partial charge on any atom is -0.000718 e. The minimum absolute atomic E-state index is 1.21. The Morgan fingerprint density at radius 3 is 1.06 bits per heavy atom. The van der Waals surface area contributed by atoms with Gasteiger partial charge >= 0.3 is 0 Å². The highest BCUT2D eigenvalue weighted by Gasteiger charge is 2.34. The van der Waals surface area contributed by atoms with Crippen molar-refractivity contribution in [1.29, 1.82) is 0 Å². The molecule has 0 spiro atoms. The summed E-state index contributed by atoms with van der Waals surface area (Å²) in [6, 6.07) is 86.0. The van der Waals surface area contributed by atoms with Gasteiger partial charge in [0.2, 0.25) is 0 Å². The van der Waals surface area contributed by atoms with Gasteiger partial charge in [-0.2, -0.15) is 0 Å². The third kappa shape index (κ3) is 4.83. The zero-order valence-corrected chi connectivity index (χ0v) is 34.9. The first kappa shape index (κ1) is 35.3. The molecular weight excluding hydrogens is 769 g/mol. The first-order valence-corrected chi connectivity index (χ1v) is 22.4. The van der Waals surface area contributed by atoms with Gasteiger partial charge in [0.05, 0.1) is 0 Å². The van der Waals surface area contributed by atoms with Crippen molar-refractivity contribution in [2.24, 2.45) is 0 Å². The molecule has 12 aromatic carbocycles. The molecule has 0 N–H and O–H groups in total. The summed E-state index contributed by atoms with van der Waals surface area (Å²) in [5.41, 5.74) is 23.0. The number of fused-ring (bicyclic) bond motifs is 9. The Labute approximate surface area is 372 Å². The second kappa shape index (κ2) is 13.6. The first-order valence-electron chi connectivity index (χ1n) is 22.4. The van der Waals surface area contributed by atoms with Crippen molar-refractivity contribution in [2.75, 3.05) is 0 Å². The van der Waals surface area contributed by atoms with E-state index in [-0.39, 0.29) is 0 Å². The Hall–Kier alpha value is -8.32. The molecule has 2 aliphatic rings. The van der Waals surface area contributed by atoms with Gasteiger partial charge in [-0.1, -0.05) is 231 Å². The fourth-order valence-electron chi connectivity index (χ4n) is 11.7. The summed E-state index contributed by atoms with van der Waals surface area (Å²) in [6.07, 6.45) is 0. The average molecular weight is 807 g/mol. The Morgan fingerprint density at radius 1 is 0.141 bits per heavy atom. The molecule has 0 heteroatoms. The van der Waals surface area contributed by atoms with Gasteiger partial charge in [-0.15, -0.1) is 0 Å². The summed E-state index contributed by atoms with van der Waals surface area (Å²) in [6.45, 7) is 0. The normalized spacial score (nSPS) is 12.1. The van der Waals surface area contributed by atoms with Gasteiger partial charge in [-0.3, -0.25) is 0 Å². The van der Waals surface area contributed by atoms with E-state index in [2.05, 4.69) is 231 Å². The molecule has 0 aliphatic heterocycles. The van der Waals surface area contributed by atoms with E-state index in [1.54, 1.807) is 0 Å². The molecule has 12 aromatic rings. The van der Waals surface area contributed by atoms with Crippen molar-refractivity contribution in [1.82, 2.24) is 0 Å². The van der Waals surface area contributed by atoms with Crippen LogP contribution in [0.2, 0.25) is 0 Å². The number of hydrogen-bond donors (Lipinski definition) is 0. The Bertz CT molecular complexity index is 3790. The van der Waals surface area contributed by atoms with E-state index < -0.39 is 0 Å². The third-order valence-corrected chi connectivity index (χ3v) is 14.2. The Morgan fingerprint density at radius 2 is 0.500 bits per heavy atom. The van der Waals surface area contributed by atoms with Gasteiger partial charge in [-0.05, 0) is 143 Å². The minimum atomic E-state index is 1.21. The molecule has 0 fully saturated rings. The van der Waals surface area contributed by atoms with Crippen LogP contribution < -0.4 is 0 Å². The lowest BCUT2D eigenvalue weighted by atomic mass is 9.79. The molecule has 0 atom stereocenters. The molecular formula is C64H38. The molecule has 0 heterocycles. The van der Waals surface area contributed by atoms with E-state index in [4.69, 9.17) is 0 Å². The molecule has 14 rings (SSSR count). The van der Waals surface area contributed by atoms with Crippen LogP contribution >= 0.6 is 0 Å². The second-order valence-corrected chi connectivity index (χ2v) is 17.3. The van der Waals surface area contributed by atoms with Crippen LogP contribution in [0.25, 0.3) is 143 Å². The van der Waals surface area contributed by atoms with Crippen LogP contribution in [0.3, 0.4) is 0 Å². The standard InChI is InChI=1S/C64H38/c1-3-19-39(20-4-1)41-23-7-10-26-44(41)60-51-31-15-16-32-52(51)61(45-27-11-8-24-42(45)40-21-5-2-6-22-40)64-56-38-37-53(49-34-18-36-55(58(49)56)63(60)64)57-48-29-13-14-30-50(48)59-46-28-12-9-25-43(46)47-33-17-35-54(57)62(47)59/h1-38H. The molecule has 64 heavy (non-hydrogen) atoms. The molecule has 294 valence electrons. The molecule has 0 radical (unpaired) electrons. The lowest BCUT2D eigenvalue weighted by Crippen LogP contribution is -1.96. The smallest absolute Gasteiger partial charge is 0.000718 e. The van der Waals surface area contributed by atoms with Crippen molar-refractivity contribution in [3.63, 3.8) is 0 Å². The van der Waals surface area contributed by atoms with E-state index in [1.807, 2.05) is 0 Å². The van der Waals surface area contributed by atoms with Crippen LogP contribution in [0, 0.1) is 0 Å². The summed E-state index contributed by atoms with van der Waals surface area (Å²) in [4.78, 5) is 0. The van der Waals surface area contributed by atoms with Crippen molar-refractivity contribution < 1.29 is 0 Å². The van der Waals surface area contributed by atoms with E-state index in [1.165, 1.54) is 143 Å². The summed E-state index contributed by atoms with van der Waals surface area (Å²) >= 11 is 0. The van der Waals surface area contributed by atoms with Gasteiger partial charge in [-0.25, -0.2) is 0 Å². The van der Waals surface area contributed by atoms with E-state index in [0.717, 1.165) is 0 Å². The zero-order chi connectivity index (χ0) is 41.9. The minimum Gasteiger partial charge on any atom is -0.0622 e. The molecule has 0 unspecified atom stereocenters. The maximum atomic E-state index is 2.45. The van der Waals surface area contributed by atoms with Crippen molar-refractivity contribution in [3.05, 3.63) is 231 Å². The maximum absolute atomic E-state index is 2.45. The summed E-state index contributed by atoms with van der Waals surface area (Å²) in [7, 11) is 0. The van der Waals surface area contributed by atoms with Crippen molar-refractivity contribution in [3.8, 4) is 100 Å². The van der Waals surface area contributed by atoms with E-state index in [9.17, 15) is 0 Å².